The molecule has 2 aromatic heterocycles. The van der Waals surface area contributed by atoms with E-state index in [0.29, 0.717) is 10.4 Å². The summed E-state index contributed by atoms with van der Waals surface area (Å²) in [6, 6.07) is 16.1. The van der Waals surface area contributed by atoms with Crippen LogP contribution in [0.1, 0.15) is 25.6 Å². The maximum atomic E-state index is 13.5. The minimum absolute atomic E-state index is 0.00329. The molecule has 0 bridgehead atoms. The number of aromatic carboxylic acids is 1. The van der Waals surface area contributed by atoms with Crippen LogP contribution in [0.4, 0.5) is 10.2 Å². The first-order valence-corrected chi connectivity index (χ1v) is 10.4. The summed E-state index contributed by atoms with van der Waals surface area (Å²) >= 11 is 1.20. The molecule has 3 N–H and O–H groups in total. The van der Waals surface area contributed by atoms with E-state index in [9.17, 15) is 29.5 Å². The molecule has 2 aromatic carbocycles. The van der Waals surface area contributed by atoms with Gasteiger partial charge in [-0.05, 0) is 47.3 Å². The number of hydrogen-bond donors (Lipinski definition) is 3. The molecule has 0 unspecified atom stereocenters. The first kappa shape index (κ1) is 21.7. The molecule has 0 saturated heterocycles. The topological polar surface area (TPSA) is 123 Å². The molecule has 0 fully saturated rings. The molecule has 33 heavy (non-hydrogen) atoms. The number of carboxylic acids is 1. The maximum absolute atomic E-state index is 13.5. The van der Waals surface area contributed by atoms with Crippen LogP contribution in [-0.2, 0) is 0 Å². The van der Waals surface area contributed by atoms with Gasteiger partial charge in [-0.25, -0.2) is 14.2 Å². The Kier molecular flexibility index (Phi) is 5.85. The third kappa shape index (κ3) is 4.42. The Morgan fingerprint density at radius 3 is 2.55 bits per heavy atom. The molecular weight excluding hydrogens is 445 g/mol. The summed E-state index contributed by atoms with van der Waals surface area (Å²) in [6.07, 6.45) is 0. The molecule has 2 heterocycles. The van der Waals surface area contributed by atoms with E-state index in [-0.39, 0.29) is 39.5 Å². The number of carboxylic acid groups (broad SMARTS) is 1. The number of phenols is 1. The summed E-state index contributed by atoms with van der Waals surface area (Å²) in [4.78, 5) is 28.9. The summed E-state index contributed by atoms with van der Waals surface area (Å²) in [7, 11) is 0. The predicted molar refractivity (Wildman–Crippen MR) is 121 cm³/mol. The Labute approximate surface area is 191 Å². The Balaban J connectivity index is 1.94. The molecule has 0 atom stereocenters. The molecule has 4 rings (SSSR count). The first-order valence-electron chi connectivity index (χ1n) is 9.50. The number of pyridine rings is 1. The van der Waals surface area contributed by atoms with Gasteiger partial charge in [0.1, 0.15) is 23.2 Å². The monoisotopic (exact) mass is 459 g/mol. The highest BCUT2D eigenvalue weighted by atomic mass is 32.1. The van der Waals surface area contributed by atoms with Gasteiger partial charge in [0.05, 0.1) is 16.1 Å². The summed E-state index contributed by atoms with van der Waals surface area (Å²) in [6.45, 7) is 0. The minimum Gasteiger partial charge on any atom is -0.507 e. The lowest BCUT2D eigenvalue weighted by Gasteiger charge is -2.14. The van der Waals surface area contributed by atoms with Crippen molar-refractivity contribution >= 4 is 29.0 Å². The third-order valence-electron chi connectivity index (χ3n) is 4.76. The standard InChI is InChI=1S/C24H14FN3O4S/c25-15-6-7-16(20(29)10-15)19-11-17(13-3-1-4-14(9-13)24(31)32)18(12-26)22(27-19)28-23(30)21-5-2-8-33-21/h1-11,29H,(H,31,32)(H,27,28,30). The molecule has 0 aliphatic heterocycles. The van der Waals surface area contributed by atoms with Crippen LogP contribution in [0, 0.1) is 17.1 Å². The summed E-state index contributed by atoms with van der Waals surface area (Å²) in [5.41, 5.74) is 1.02. The number of thiophene rings is 1. The number of nitriles is 1. The van der Waals surface area contributed by atoms with Gasteiger partial charge in [-0.2, -0.15) is 5.26 Å². The molecular formula is C24H14FN3O4S. The summed E-state index contributed by atoms with van der Waals surface area (Å²) < 4.78 is 13.5. The average Bonchev–Trinajstić information content (AvgIpc) is 3.34. The van der Waals surface area contributed by atoms with Crippen molar-refractivity contribution in [3.8, 4) is 34.2 Å². The van der Waals surface area contributed by atoms with E-state index in [1.54, 1.807) is 23.6 Å². The highest BCUT2D eigenvalue weighted by molar-refractivity contribution is 7.12. The number of nitrogens with zero attached hydrogens (tertiary/aromatic N) is 2. The fourth-order valence-corrected chi connectivity index (χ4v) is 3.85. The zero-order chi connectivity index (χ0) is 23.5. The van der Waals surface area contributed by atoms with Gasteiger partial charge in [0.25, 0.3) is 5.91 Å². The quantitative estimate of drug-likeness (QED) is 0.380. The fraction of sp³-hybridized carbons (Fsp3) is 0. The molecule has 0 saturated carbocycles. The summed E-state index contributed by atoms with van der Waals surface area (Å²) in [5.74, 6) is -2.74. The van der Waals surface area contributed by atoms with Crippen molar-refractivity contribution in [3.05, 3.63) is 87.9 Å². The van der Waals surface area contributed by atoms with Crippen molar-refractivity contribution in [1.82, 2.24) is 4.98 Å². The van der Waals surface area contributed by atoms with Crippen molar-refractivity contribution in [2.24, 2.45) is 0 Å². The normalized spacial score (nSPS) is 10.4. The van der Waals surface area contributed by atoms with Crippen molar-refractivity contribution in [3.63, 3.8) is 0 Å². The van der Waals surface area contributed by atoms with Gasteiger partial charge < -0.3 is 15.5 Å². The van der Waals surface area contributed by atoms with Crippen molar-refractivity contribution in [2.75, 3.05) is 5.32 Å². The van der Waals surface area contributed by atoms with E-state index in [1.807, 2.05) is 6.07 Å². The highest BCUT2D eigenvalue weighted by Crippen LogP contribution is 2.36. The number of aromatic nitrogens is 1. The van der Waals surface area contributed by atoms with Crippen LogP contribution < -0.4 is 5.32 Å². The Morgan fingerprint density at radius 1 is 1.06 bits per heavy atom. The fourth-order valence-electron chi connectivity index (χ4n) is 3.23. The van der Waals surface area contributed by atoms with Crippen LogP contribution in [-0.4, -0.2) is 27.1 Å². The molecule has 9 heteroatoms. The van der Waals surface area contributed by atoms with Gasteiger partial charge in [-0.1, -0.05) is 18.2 Å². The van der Waals surface area contributed by atoms with Crippen LogP contribution in [0.5, 0.6) is 5.75 Å². The lowest BCUT2D eigenvalue weighted by atomic mass is 9.96. The number of carbonyl (C=O) groups excluding carboxylic acids is 1. The van der Waals surface area contributed by atoms with Gasteiger partial charge in [0.2, 0.25) is 0 Å². The van der Waals surface area contributed by atoms with Gasteiger partial charge in [-0.3, -0.25) is 4.79 Å². The van der Waals surface area contributed by atoms with Gasteiger partial charge in [0.15, 0.2) is 5.82 Å². The maximum Gasteiger partial charge on any atom is 0.335 e. The van der Waals surface area contributed by atoms with Crippen LogP contribution >= 0.6 is 11.3 Å². The average molecular weight is 459 g/mol. The molecule has 4 aromatic rings. The number of phenolic OH excluding ortho intramolecular Hbond substituents is 1. The van der Waals surface area contributed by atoms with Gasteiger partial charge in [-0.15, -0.1) is 11.3 Å². The largest absolute Gasteiger partial charge is 0.507 e. The molecule has 1 amide bonds. The molecule has 0 aliphatic rings. The number of amides is 1. The van der Waals surface area contributed by atoms with Crippen LogP contribution in [0.2, 0.25) is 0 Å². The zero-order valence-electron chi connectivity index (χ0n) is 16.7. The molecule has 0 spiro atoms. The lowest BCUT2D eigenvalue weighted by Crippen LogP contribution is -2.13. The minimum atomic E-state index is -1.15. The van der Waals surface area contributed by atoms with E-state index in [1.165, 1.54) is 41.7 Å². The second-order valence-corrected chi connectivity index (χ2v) is 7.82. The number of nitrogens with one attached hydrogen (secondary N) is 1. The molecule has 0 radical (unpaired) electrons. The van der Waals surface area contributed by atoms with Crippen molar-refractivity contribution in [1.29, 1.82) is 5.26 Å². The van der Waals surface area contributed by atoms with Gasteiger partial charge in [0, 0.05) is 17.2 Å². The molecule has 0 aliphatic carbocycles. The number of hydrogen-bond acceptors (Lipinski definition) is 6. The van der Waals surface area contributed by atoms with Gasteiger partial charge >= 0.3 is 5.97 Å². The molecule has 162 valence electrons. The number of rotatable bonds is 5. The number of aromatic hydroxyl groups is 1. The second kappa shape index (κ2) is 8.90. The van der Waals surface area contributed by atoms with Crippen LogP contribution in [0.15, 0.2) is 66.0 Å². The van der Waals surface area contributed by atoms with E-state index < -0.39 is 17.7 Å². The Morgan fingerprint density at radius 2 is 1.88 bits per heavy atom. The van der Waals surface area contributed by atoms with Crippen molar-refractivity contribution < 1.29 is 24.2 Å². The van der Waals surface area contributed by atoms with Crippen LogP contribution in [0.3, 0.4) is 0 Å². The van der Waals surface area contributed by atoms with E-state index in [4.69, 9.17) is 0 Å². The lowest BCUT2D eigenvalue weighted by molar-refractivity contribution is 0.0696. The van der Waals surface area contributed by atoms with Crippen LogP contribution in [0.25, 0.3) is 22.4 Å². The smallest absolute Gasteiger partial charge is 0.335 e. The number of benzene rings is 2. The number of halogens is 1. The Hall–Kier alpha value is -4.55. The SMILES string of the molecule is N#Cc1c(-c2cccc(C(=O)O)c2)cc(-c2ccc(F)cc2O)nc1NC(=O)c1cccs1. The van der Waals surface area contributed by atoms with E-state index in [0.717, 1.165) is 12.1 Å². The second-order valence-electron chi connectivity index (χ2n) is 6.87. The number of anilines is 1. The zero-order valence-corrected chi connectivity index (χ0v) is 17.6. The van der Waals surface area contributed by atoms with Crippen molar-refractivity contribution in [2.45, 2.75) is 0 Å². The molecule has 7 nitrogen and oxygen atoms in total. The van der Waals surface area contributed by atoms with E-state index in [2.05, 4.69) is 10.3 Å². The first-order chi connectivity index (χ1) is 15.9. The Bertz CT molecular complexity index is 1430. The third-order valence-corrected chi connectivity index (χ3v) is 5.63. The number of carbonyl (C=O) groups is 2. The highest BCUT2D eigenvalue weighted by Gasteiger charge is 2.20. The van der Waals surface area contributed by atoms with E-state index >= 15 is 0 Å². The summed E-state index contributed by atoms with van der Waals surface area (Å²) in [5, 5.41) is 33.8. The predicted octanol–water partition coefficient (Wildman–Crippen LogP) is 5.14.